The number of benzene rings is 1. The fraction of sp³-hybridized carbons (Fsp3) is 0.455. The van der Waals surface area contributed by atoms with E-state index in [9.17, 15) is 0 Å². The molecule has 0 amide bonds. The maximum absolute atomic E-state index is 2.45. The first-order valence-corrected chi connectivity index (χ1v) is 5.70. The molecule has 0 radical (unpaired) electrons. The molecule has 0 heterocycles. The first-order valence-electron chi connectivity index (χ1n) is 4.62. The third-order valence-electron chi connectivity index (χ3n) is 2.70. The average molecular weight is 272 g/mol. The molecule has 1 saturated carbocycles. The molecular formula is C11H13I. The van der Waals surface area contributed by atoms with Crippen LogP contribution >= 0.6 is 22.6 Å². The standard InChI is InChI=1S/C11H13I/c12-11-8-4-3-7-10(11)9-5-1-2-6-9/h3-4,7-9H,1-2,5-6H2. The smallest absolute Gasteiger partial charge is 0.0165 e. The van der Waals surface area contributed by atoms with E-state index in [2.05, 4.69) is 46.9 Å². The monoisotopic (exact) mass is 272 g/mol. The third kappa shape index (κ3) is 1.65. The summed E-state index contributed by atoms with van der Waals surface area (Å²) in [6, 6.07) is 8.79. The van der Waals surface area contributed by atoms with E-state index in [-0.39, 0.29) is 0 Å². The topological polar surface area (TPSA) is 0 Å². The Morgan fingerprint density at radius 1 is 1.08 bits per heavy atom. The number of hydrogen-bond acceptors (Lipinski definition) is 0. The summed E-state index contributed by atoms with van der Waals surface area (Å²) >= 11 is 2.45. The Hall–Kier alpha value is -0.0500. The maximum Gasteiger partial charge on any atom is 0.0165 e. The van der Waals surface area contributed by atoms with E-state index in [1.807, 2.05) is 0 Å². The fourth-order valence-corrected chi connectivity index (χ4v) is 2.87. The lowest BCUT2D eigenvalue weighted by molar-refractivity contribution is 0.719. The summed E-state index contributed by atoms with van der Waals surface area (Å²) in [5.74, 6) is 0.859. The van der Waals surface area contributed by atoms with Crippen molar-refractivity contribution in [1.29, 1.82) is 0 Å². The van der Waals surface area contributed by atoms with Gasteiger partial charge in [-0.1, -0.05) is 31.0 Å². The van der Waals surface area contributed by atoms with E-state index < -0.39 is 0 Å². The van der Waals surface area contributed by atoms with E-state index in [1.54, 1.807) is 5.56 Å². The van der Waals surface area contributed by atoms with Crippen molar-refractivity contribution in [3.63, 3.8) is 0 Å². The molecule has 2 rings (SSSR count). The zero-order chi connectivity index (χ0) is 8.39. The molecule has 0 aliphatic heterocycles. The lowest BCUT2D eigenvalue weighted by Crippen LogP contribution is -1.94. The van der Waals surface area contributed by atoms with Gasteiger partial charge in [0.25, 0.3) is 0 Å². The molecule has 0 spiro atoms. The Bertz CT molecular complexity index is 261. The van der Waals surface area contributed by atoms with Crippen LogP contribution in [-0.4, -0.2) is 0 Å². The zero-order valence-corrected chi connectivity index (χ0v) is 9.25. The highest BCUT2D eigenvalue weighted by molar-refractivity contribution is 14.1. The van der Waals surface area contributed by atoms with E-state index in [1.165, 1.54) is 29.3 Å². The summed E-state index contributed by atoms with van der Waals surface area (Å²) in [6.45, 7) is 0. The molecule has 64 valence electrons. The lowest BCUT2D eigenvalue weighted by Gasteiger charge is -2.10. The van der Waals surface area contributed by atoms with Crippen molar-refractivity contribution in [2.24, 2.45) is 0 Å². The van der Waals surface area contributed by atoms with E-state index in [0.29, 0.717) is 0 Å². The number of halogens is 1. The van der Waals surface area contributed by atoms with Crippen molar-refractivity contribution < 1.29 is 0 Å². The first-order chi connectivity index (χ1) is 5.88. The quantitative estimate of drug-likeness (QED) is 0.679. The minimum atomic E-state index is 0.859. The summed E-state index contributed by atoms with van der Waals surface area (Å²) in [6.07, 6.45) is 5.66. The van der Waals surface area contributed by atoms with Crippen LogP contribution in [0.15, 0.2) is 24.3 Å². The van der Waals surface area contributed by atoms with Gasteiger partial charge >= 0.3 is 0 Å². The maximum atomic E-state index is 2.45. The molecule has 0 unspecified atom stereocenters. The zero-order valence-electron chi connectivity index (χ0n) is 7.09. The van der Waals surface area contributed by atoms with Crippen molar-refractivity contribution in [3.8, 4) is 0 Å². The molecule has 1 fully saturated rings. The van der Waals surface area contributed by atoms with Crippen LogP contribution in [0.2, 0.25) is 0 Å². The van der Waals surface area contributed by atoms with Gasteiger partial charge in [-0.05, 0) is 53.0 Å². The van der Waals surface area contributed by atoms with E-state index >= 15 is 0 Å². The SMILES string of the molecule is Ic1ccccc1C1CCCC1. The third-order valence-corrected chi connectivity index (χ3v) is 3.68. The van der Waals surface area contributed by atoms with Crippen LogP contribution in [0.4, 0.5) is 0 Å². The highest BCUT2D eigenvalue weighted by Gasteiger charge is 2.18. The second kappa shape index (κ2) is 3.77. The second-order valence-electron chi connectivity index (χ2n) is 3.50. The van der Waals surface area contributed by atoms with Crippen LogP contribution in [0.1, 0.15) is 37.2 Å². The van der Waals surface area contributed by atoms with Gasteiger partial charge in [0.2, 0.25) is 0 Å². The van der Waals surface area contributed by atoms with Crippen molar-refractivity contribution in [1.82, 2.24) is 0 Å². The van der Waals surface area contributed by atoms with Crippen molar-refractivity contribution in [2.75, 3.05) is 0 Å². The van der Waals surface area contributed by atoms with Gasteiger partial charge in [-0.2, -0.15) is 0 Å². The minimum Gasteiger partial charge on any atom is -0.0619 e. The van der Waals surface area contributed by atoms with E-state index in [4.69, 9.17) is 0 Å². The molecular weight excluding hydrogens is 259 g/mol. The van der Waals surface area contributed by atoms with Crippen LogP contribution in [0.5, 0.6) is 0 Å². The number of hydrogen-bond donors (Lipinski definition) is 0. The Kier molecular flexibility index (Phi) is 2.69. The Balaban J connectivity index is 2.26. The normalized spacial score (nSPS) is 18.4. The predicted molar refractivity (Wildman–Crippen MR) is 60.4 cm³/mol. The van der Waals surface area contributed by atoms with Crippen LogP contribution in [-0.2, 0) is 0 Å². The van der Waals surface area contributed by atoms with Gasteiger partial charge in [0.05, 0.1) is 0 Å². The van der Waals surface area contributed by atoms with Crippen LogP contribution < -0.4 is 0 Å². The van der Waals surface area contributed by atoms with Gasteiger partial charge in [0.1, 0.15) is 0 Å². The highest BCUT2D eigenvalue weighted by atomic mass is 127. The second-order valence-corrected chi connectivity index (χ2v) is 4.67. The molecule has 0 saturated heterocycles. The summed E-state index contributed by atoms with van der Waals surface area (Å²) < 4.78 is 1.45. The fourth-order valence-electron chi connectivity index (χ4n) is 2.04. The molecule has 0 aromatic heterocycles. The molecule has 1 aromatic rings. The molecule has 0 bridgehead atoms. The van der Waals surface area contributed by atoms with Crippen molar-refractivity contribution in [3.05, 3.63) is 33.4 Å². The van der Waals surface area contributed by atoms with Crippen LogP contribution in [0.25, 0.3) is 0 Å². The molecule has 1 aromatic carbocycles. The molecule has 0 atom stereocenters. The average Bonchev–Trinajstić information content (AvgIpc) is 2.57. The largest absolute Gasteiger partial charge is 0.0619 e. The van der Waals surface area contributed by atoms with E-state index in [0.717, 1.165) is 5.92 Å². The van der Waals surface area contributed by atoms with Crippen molar-refractivity contribution in [2.45, 2.75) is 31.6 Å². The molecule has 1 heteroatoms. The van der Waals surface area contributed by atoms with Gasteiger partial charge in [-0.25, -0.2) is 0 Å². The van der Waals surface area contributed by atoms with Gasteiger partial charge in [-0.3, -0.25) is 0 Å². The van der Waals surface area contributed by atoms with Gasteiger partial charge < -0.3 is 0 Å². The summed E-state index contributed by atoms with van der Waals surface area (Å²) in [7, 11) is 0. The summed E-state index contributed by atoms with van der Waals surface area (Å²) in [5, 5.41) is 0. The van der Waals surface area contributed by atoms with Gasteiger partial charge in [-0.15, -0.1) is 0 Å². The van der Waals surface area contributed by atoms with Crippen LogP contribution in [0, 0.1) is 3.57 Å². The molecule has 12 heavy (non-hydrogen) atoms. The molecule has 1 aliphatic carbocycles. The lowest BCUT2D eigenvalue weighted by atomic mass is 9.98. The first kappa shape index (κ1) is 8.54. The van der Waals surface area contributed by atoms with Crippen molar-refractivity contribution >= 4 is 22.6 Å². The Morgan fingerprint density at radius 3 is 2.42 bits per heavy atom. The predicted octanol–water partition coefficient (Wildman–Crippen LogP) is 3.95. The summed E-state index contributed by atoms with van der Waals surface area (Å²) in [5.41, 5.74) is 1.58. The Morgan fingerprint density at radius 2 is 1.75 bits per heavy atom. The molecule has 1 aliphatic rings. The Labute approximate surface area is 87.5 Å². The molecule has 0 nitrogen and oxygen atoms in total. The highest BCUT2D eigenvalue weighted by Crippen LogP contribution is 2.35. The molecule has 0 N–H and O–H groups in total. The van der Waals surface area contributed by atoms with Gasteiger partial charge in [0, 0.05) is 3.57 Å². The van der Waals surface area contributed by atoms with Crippen LogP contribution in [0.3, 0.4) is 0 Å². The summed E-state index contributed by atoms with van der Waals surface area (Å²) in [4.78, 5) is 0. The van der Waals surface area contributed by atoms with Gasteiger partial charge in [0.15, 0.2) is 0 Å². The number of rotatable bonds is 1. The minimum absolute atomic E-state index is 0.859.